The number of anilines is 1. The average molecular weight is 266 g/mol. The summed E-state index contributed by atoms with van der Waals surface area (Å²) in [5.74, 6) is -0.375. The van der Waals surface area contributed by atoms with Crippen molar-refractivity contribution in [2.75, 3.05) is 5.32 Å². The van der Waals surface area contributed by atoms with E-state index in [1.54, 1.807) is 48.8 Å². The highest BCUT2D eigenvalue weighted by molar-refractivity contribution is 6.11. The first-order valence-corrected chi connectivity index (χ1v) is 6.16. The van der Waals surface area contributed by atoms with Gasteiger partial charge < -0.3 is 5.32 Å². The third kappa shape index (κ3) is 3.62. The van der Waals surface area contributed by atoms with Crippen LogP contribution in [-0.2, 0) is 4.79 Å². The van der Waals surface area contributed by atoms with Gasteiger partial charge in [-0.05, 0) is 35.9 Å². The van der Waals surface area contributed by atoms with Gasteiger partial charge in [-0.15, -0.1) is 0 Å². The maximum atomic E-state index is 12.2. The minimum Gasteiger partial charge on any atom is -0.326 e. The van der Waals surface area contributed by atoms with E-state index in [-0.39, 0.29) is 11.7 Å². The Morgan fingerprint density at radius 1 is 1.15 bits per heavy atom. The van der Waals surface area contributed by atoms with Crippen LogP contribution in [-0.4, -0.2) is 16.7 Å². The highest BCUT2D eigenvalue weighted by Gasteiger charge is 2.08. The van der Waals surface area contributed by atoms with Crippen LogP contribution < -0.4 is 5.32 Å². The molecule has 2 rings (SSSR count). The number of carbonyl (C=O) groups is 2. The number of nitrogens with one attached hydrogen (secondary N) is 1. The Morgan fingerprint density at radius 2 is 1.95 bits per heavy atom. The van der Waals surface area contributed by atoms with E-state index in [0.29, 0.717) is 11.3 Å². The lowest BCUT2D eigenvalue weighted by molar-refractivity contribution is -0.114. The molecule has 0 fully saturated rings. The smallest absolute Gasteiger partial charge is 0.221 e. The number of ketones is 1. The molecule has 0 saturated heterocycles. The lowest BCUT2D eigenvalue weighted by Gasteiger charge is -2.06. The van der Waals surface area contributed by atoms with Crippen molar-refractivity contribution in [2.45, 2.75) is 6.92 Å². The SMILES string of the molecule is CC(=O)Nc1ccccc1C(=O)/C=C/c1cccnc1. The zero-order valence-electron chi connectivity index (χ0n) is 11.0. The van der Waals surface area contributed by atoms with Crippen LogP contribution in [0.25, 0.3) is 6.08 Å². The van der Waals surface area contributed by atoms with Crippen LogP contribution in [0.1, 0.15) is 22.8 Å². The van der Waals surface area contributed by atoms with Crippen LogP contribution in [0.15, 0.2) is 54.9 Å². The predicted octanol–water partition coefficient (Wildman–Crippen LogP) is 2.94. The van der Waals surface area contributed by atoms with E-state index in [9.17, 15) is 9.59 Å². The van der Waals surface area contributed by atoms with Gasteiger partial charge in [0.1, 0.15) is 0 Å². The Labute approximate surface area is 117 Å². The van der Waals surface area contributed by atoms with Crippen molar-refractivity contribution < 1.29 is 9.59 Å². The number of hydrogen-bond acceptors (Lipinski definition) is 3. The average Bonchev–Trinajstić information content (AvgIpc) is 2.46. The molecule has 0 saturated carbocycles. The molecule has 2 aromatic rings. The van der Waals surface area contributed by atoms with E-state index in [1.165, 1.54) is 13.0 Å². The molecule has 1 amide bonds. The van der Waals surface area contributed by atoms with Crippen LogP contribution in [0.5, 0.6) is 0 Å². The normalized spacial score (nSPS) is 10.4. The molecule has 0 radical (unpaired) electrons. The predicted molar refractivity (Wildman–Crippen MR) is 78.3 cm³/mol. The third-order valence-electron chi connectivity index (χ3n) is 2.61. The topological polar surface area (TPSA) is 59.1 Å². The summed E-state index contributed by atoms with van der Waals surface area (Å²) in [6.07, 6.45) is 6.51. The molecule has 0 aliphatic heterocycles. The van der Waals surface area contributed by atoms with Crippen molar-refractivity contribution in [1.29, 1.82) is 0 Å². The van der Waals surface area contributed by atoms with Gasteiger partial charge in [-0.1, -0.05) is 18.2 Å². The maximum Gasteiger partial charge on any atom is 0.221 e. The van der Waals surface area contributed by atoms with Crippen molar-refractivity contribution in [1.82, 2.24) is 4.98 Å². The molecule has 1 heterocycles. The minimum atomic E-state index is -0.207. The number of rotatable bonds is 4. The monoisotopic (exact) mass is 266 g/mol. The fourth-order valence-electron chi connectivity index (χ4n) is 1.73. The van der Waals surface area contributed by atoms with Crippen molar-refractivity contribution >= 4 is 23.5 Å². The van der Waals surface area contributed by atoms with Gasteiger partial charge in [0.15, 0.2) is 5.78 Å². The van der Waals surface area contributed by atoms with Crippen molar-refractivity contribution in [3.05, 3.63) is 66.0 Å². The molecular weight excluding hydrogens is 252 g/mol. The molecule has 0 atom stereocenters. The number of pyridine rings is 1. The summed E-state index contributed by atoms with van der Waals surface area (Å²) >= 11 is 0. The highest BCUT2D eigenvalue weighted by atomic mass is 16.1. The number of hydrogen-bond donors (Lipinski definition) is 1. The Hall–Kier alpha value is -2.75. The van der Waals surface area contributed by atoms with E-state index in [4.69, 9.17) is 0 Å². The molecular formula is C16H14N2O2. The van der Waals surface area contributed by atoms with Gasteiger partial charge in [0.2, 0.25) is 5.91 Å². The lowest BCUT2D eigenvalue weighted by Crippen LogP contribution is -2.09. The second-order valence-electron chi connectivity index (χ2n) is 4.21. The van der Waals surface area contributed by atoms with Crippen LogP contribution in [0.4, 0.5) is 5.69 Å². The number of aromatic nitrogens is 1. The zero-order chi connectivity index (χ0) is 14.4. The van der Waals surface area contributed by atoms with E-state index in [1.807, 2.05) is 6.07 Å². The Bertz CT molecular complexity index is 649. The Morgan fingerprint density at radius 3 is 2.65 bits per heavy atom. The summed E-state index contributed by atoms with van der Waals surface area (Å²) in [5, 5.41) is 2.65. The van der Waals surface area contributed by atoms with Gasteiger partial charge in [-0.25, -0.2) is 0 Å². The zero-order valence-corrected chi connectivity index (χ0v) is 11.0. The van der Waals surface area contributed by atoms with Gasteiger partial charge in [0, 0.05) is 24.9 Å². The van der Waals surface area contributed by atoms with Crippen LogP contribution in [0.3, 0.4) is 0 Å². The van der Waals surface area contributed by atoms with Gasteiger partial charge in [0.05, 0.1) is 5.69 Å². The fraction of sp³-hybridized carbons (Fsp3) is 0.0625. The molecule has 1 aromatic carbocycles. The second kappa shape index (κ2) is 6.43. The quantitative estimate of drug-likeness (QED) is 0.683. The Kier molecular flexibility index (Phi) is 4.39. The number of amides is 1. The molecule has 4 nitrogen and oxygen atoms in total. The molecule has 0 spiro atoms. The summed E-state index contributed by atoms with van der Waals surface area (Å²) in [6, 6.07) is 10.6. The molecule has 0 aliphatic carbocycles. The summed E-state index contributed by atoms with van der Waals surface area (Å²) in [7, 11) is 0. The summed E-state index contributed by atoms with van der Waals surface area (Å²) in [4.78, 5) is 27.3. The first kappa shape index (κ1) is 13.7. The van der Waals surface area contributed by atoms with E-state index in [0.717, 1.165) is 5.56 Å². The second-order valence-corrected chi connectivity index (χ2v) is 4.21. The van der Waals surface area contributed by atoms with Crippen molar-refractivity contribution in [3.8, 4) is 0 Å². The van der Waals surface area contributed by atoms with Crippen molar-refractivity contribution in [3.63, 3.8) is 0 Å². The first-order chi connectivity index (χ1) is 9.66. The van der Waals surface area contributed by atoms with E-state index >= 15 is 0 Å². The minimum absolute atomic E-state index is 0.168. The highest BCUT2D eigenvalue weighted by Crippen LogP contribution is 2.16. The van der Waals surface area contributed by atoms with Gasteiger partial charge in [-0.3, -0.25) is 14.6 Å². The number of allylic oxidation sites excluding steroid dienone is 1. The number of carbonyl (C=O) groups excluding carboxylic acids is 2. The number of benzene rings is 1. The fourth-order valence-corrected chi connectivity index (χ4v) is 1.73. The largest absolute Gasteiger partial charge is 0.326 e. The molecule has 20 heavy (non-hydrogen) atoms. The van der Waals surface area contributed by atoms with Crippen LogP contribution >= 0.6 is 0 Å². The molecule has 0 unspecified atom stereocenters. The number of para-hydroxylation sites is 1. The van der Waals surface area contributed by atoms with Crippen LogP contribution in [0, 0.1) is 0 Å². The van der Waals surface area contributed by atoms with Crippen molar-refractivity contribution in [2.24, 2.45) is 0 Å². The van der Waals surface area contributed by atoms with Gasteiger partial charge >= 0.3 is 0 Å². The lowest BCUT2D eigenvalue weighted by atomic mass is 10.1. The summed E-state index contributed by atoms with van der Waals surface area (Å²) in [5.41, 5.74) is 1.82. The van der Waals surface area contributed by atoms with E-state index < -0.39 is 0 Å². The maximum absolute atomic E-state index is 12.2. The number of nitrogens with zero attached hydrogens (tertiary/aromatic N) is 1. The standard InChI is InChI=1S/C16H14N2O2/c1-12(19)18-15-7-3-2-6-14(15)16(20)9-8-13-5-4-10-17-11-13/h2-11H,1H3,(H,18,19)/b9-8+. The molecule has 0 bridgehead atoms. The first-order valence-electron chi connectivity index (χ1n) is 6.16. The van der Waals surface area contributed by atoms with Gasteiger partial charge in [0.25, 0.3) is 0 Å². The molecule has 1 aromatic heterocycles. The summed E-state index contributed by atoms with van der Waals surface area (Å²) < 4.78 is 0. The van der Waals surface area contributed by atoms with E-state index in [2.05, 4.69) is 10.3 Å². The van der Waals surface area contributed by atoms with Crippen LogP contribution in [0.2, 0.25) is 0 Å². The third-order valence-corrected chi connectivity index (χ3v) is 2.61. The van der Waals surface area contributed by atoms with Gasteiger partial charge in [-0.2, -0.15) is 0 Å². The molecule has 0 aliphatic rings. The molecule has 4 heteroatoms. The molecule has 100 valence electrons. The Balaban J connectivity index is 2.21. The summed E-state index contributed by atoms with van der Waals surface area (Å²) in [6.45, 7) is 1.41. The molecule has 1 N–H and O–H groups in total.